The summed E-state index contributed by atoms with van der Waals surface area (Å²) in [7, 11) is -0.0714. The maximum Gasteiger partial charge on any atom is 0.394 e. The fraction of sp³-hybridized carbons (Fsp3) is 0.417. The maximum absolute atomic E-state index is 12.1. The van der Waals surface area contributed by atoms with E-state index in [0.717, 1.165) is 24.3 Å². The lowest BCUT2D eigenvalue weighted by Crippen LogP contribution is -2.22. The molecule has 0 saturated heterocycles. The zero-order valence-corrected chi connectivity index (χ0v) is 22.3. The van der Waals surface area contributed by atoms with Crippen molar-refractivity contribution >= 4 is 33.7 Å². The second-order valence-electron chi connectivity index (χ2n) is 7.41. The van der Waals surface area contributed by atoms with Crippen LogP contribution >= 0.6 is 0 Å². The SMILES string of the molecule is CCN(CC)c1ccc(NC(=O)COC(=O)CCc2cc(OC)c(OC)c(OC)c2)cc1.O=S(=O)(O)O. The molecule has 2 rings (SSSR count). The van der Waals surface area contributed by atoms with Crippen molar-refractivity contribution in [2.45, 2.75) is 26.7 Å². The summed E-state index contributed by atoms with van der Waals surface area (Å²) in [5, 5.41) is 2.73. The van der Waals surface area contributed by atoms with Gasteiger partial charge in [0.15, 0.2) is 18.1 Å². The van der Waals surface area contributed by atoms with Crippen molar-refractivity contribution < 1.29 is 46.1 Å². The van der Waals surface area contributed by atoms with Crippen LogP contribution in [0.4, 0.5) is 11.4 Å². The molecule has 0 fully saturated rings. The van der Waals surface area contributed by atoms with Crippen molar-refractivity contribution in [2.75, 3.05) is 51.2 Å². The smallest absolute Gasteiger partial charge is 0.394 e. The topological polar surface area (TPSA) is 161 Å². The largest absolute Gasteiger partial charge is 0.493 e. The van der Waals surface area contributed by atoms with Crippen LogP contribution in [-0.4, -0.2) is 70.4 Å². The van der Waals surface area contributed by atoms with Crippen LogP contribution in [0.25, 0.3) is 0 Å². The average molecular weight is 543 g/mol. The second kappa shape index (κ2) is 15.5. The Morgan fingerprint density at radius 2 is 1.43 bits per heavy atom. The number of esters is 1. The molecule has 2 aromatic rings. The van der Waals surface area contributed by atoms with Gasteiger partial charge in [-0.1, -0.05) is 0 Å². The van der Waals surface area contributed by atoms with E-state index in [1.807, 2.05) is 24.3 Å². The summed E-state index contributed by atoms with van der Waals surface area (Å²) in [6.07, 6.45) is 0.522. The van der Waals surface area contributed by atoms with Crippen LogP contribution < -0.4 is 24.4 Å². The standard InChI is InChI=1S/C24H32N2O6.H2O4S/c1-6-26(7-2)19-11-9-18(10-12-19)25-22(27)16-32-23(28)13-8-17-14-20(29-3)24(31-5)21(15-17)30-4;1-5(2,3)4/h9-12,14-15H,6-8,13,16H2,1-5H3,(H,25,27);(H2,1,2,3,4). The predicted octanol–water partition coefficient (Wildman–Crippen LogP) is 3.02. The van der Waals surface area contributed by atoms with Crippen molar-refractivity contribution in [3.8, 4) is 17.2 Å². The number of hydrogen-bond donors (Lipinski definition) is 3. The van der Waals surface area contributed by atoms with E-state index in [1.54, 1.807) is 12.1 Å². The van der Waals surface area contributed by atoms with E-state index in [1.165, 1.54) is 21.3 Å². The van der Waals surface area contributed by atoms with Crippen molar-refractivity contribution in [3.63, 3.8) is 0 Å². The third kappa shape index (κ3) is 11.8. The Kier molecular flexibility index (Phi) is 13.2. The van der Waals surface area contributed by atoms with Crippen LogP contribution in [0.1, 0.15) is 25.8 Å². The molecular formula is C24H34N2O10S. The molecule has 0 radical (unpaired) electrons. The van der Waals surface area contributed by atoms with Crippen molar-refractivity contribution in [1.29, 1.82) is 0 Å². The van der Waals surface area contributed by atoms with Gasteiger partial charge in [0.2, 0.25) is 5.75 Å². The molecule has 206 valence electrons. The quantitative estimate of drug-likeness (QED) is 0.267. The van der Waals surface area contributed by atoms with Gasteiger partial charge in [0.25, 0.3) is 5.91 Å². The number of hydrogen-bond acceptors (Lipinski definition) is 9. The molecule has 0 aliphatic carbocycles. The first-order valence-corrected chi connectivity index (χ1v) is 12.6. The number of carbonyl (C=O) groups excluding carboxylic acids is 2. The Morgan fingerprint density at radius 1 is 0.919 bits per heavy atom. The van der Waals surface area contributed by atoms with E-state index in [2.05, 4.69) is 24.1 Å². The molecule has 0 aliphatic heterocycles. The fourth-order valence-electron chi connectivity index (χ4n) is 3.29. The number of carbonyl (C=O) groups is 2. The number of nitrogens with zero attached hydrogens (tertiary/aromatic N) is 1. The number of methoxy groups -OCH3 is 3. The Morgan fingerprint density at radius 3 is 1.86 bits per heavy atom. The summed E-state index contributed by atoms with van der Waals surface area (Å²) >= 11 is 0. The summed E-state index contributed by atoms with van der Waals surface area (Å²) in [6.45, 7) is 5.67. The van der Waals surface area contributed by atoms with Gasteiger partial charge in [0.05, 0.1) is 21.3 Å². The number of ether oxygens (including phenoxy) is 4. The van der Waals surface area contributed by atoms with E-state index in [9.17, 15) is 9.59 Å². The van der Waals surface area contributed by atoms with Gasteiger partial charge in [0.1, 0.15) is 0 Å². The number of nitrogens with one attached hydrogen (secondary N) is 1. The van der Waals surface area contributed by atoms with E-state index in [0.29, 0.717) is 29.4 Å². The second-order valence-corrected chi connectivity index (χ2v) is 8.31. The van der Waals surface area contributed by atoms with Crippen LogP contribution in [-0.2, 0) is 31.1 Å². The number of amides is 1. The first kappa shape index (κ1) is 31.5. The highest BCUT2D eigenvalue weighted by Crippen LogP contribution is 2.38. The van der Waals surface area contributed by atoms with Gasteiger partial charge in [-0.15, -0.1) is 0 Å². The van der Waals surface area contributed by atoms with Crippen LogP contribution in [0.5, 0.6) is 17.2 Å². The third-order valence-electron chi connectivity index (χ3n) is 4.99. The lowest BCUT2D eigenvalue weighted by Gasteiger charge is -2.21. The van der Waals surface area contributed by atoms with Crippen LogP contribution in [0, 0.1) is 0 Å². The molecule has 0 aromatic heterocycles. The van der Waals surface area contributed by atoms with E-state index in [4.69, 9.17) is 36.5 Å². The van der Waals surface area contributed by atoms with Gasteiger partial charge in [-0.25, -0.2) is 0 Å². The summed E-state index contributed by atoms with van der Waals surface area (Å²) in [6, 6.07) is 11.1. The van der Waals surface area contributed by atoms with Gasteiger partial charge >= 0.3 is 16.4 Å². The molecule has 0 spiro atoms. The summed E-state index contributed by atoms with van der Waals surface area (Å²) in [5.41, 5.74) is 2.57. The van der Waals surface area contributed by atoms with Gasteiger partial charge < -0.3 is 29.2 Å². The zero-order valence-electron chi connectivity index (χ0n) is 21.5. The third-order valence-corrected chi connectivity index (χ3v) is 4.99. The molecule has 0 heterocycles. The first-order chi connectivity index (χ1) is 17.4. The minimum Gasteiger partial charge on any atom is -0.493 e. The minimum absolute atomic E-state index is 0.116. The Bertz CT molecular complexity index is 1080. The van der Waals surface area contributed by atoms with Crippen molar-refractivity contribution in [1.82, 2.24) is 0 Å². The summed E-state index contributed by atoms with van der Waals surface area (Å²) in [4.78, 5) is 26.4. The van der Waals surface area contributed by atoms with Gasteiger partial charge in [-0.2, -0.15) is 8.42 Å². The van der Waals surface area contributed by atoms with Crippen molar-refractivity contribution in [2.24, 2.45) is 0 Å². The van der Waals surface area contributed by atoms with Crippen LogP contribution in [0.15, 0.2) is 36.4 Å². The normalized spacial score (nSPS) is 10.5. The fourth-order valence-corrected chi connectivity index (χ4v) is 3.29. The number of aryl methyl sites for hydroxylation is 1. The summed E-state index contributed by atoms with van der Waals surface area (Å²) in [5.74, 6) is 0.666. The highest BCUT2D eigenvalue weighted by Gasteiger charge is 2.15. The highest BCUT2D eigenvalue weighted by molar-refractivity contribution is 7.79. The minimum atomic E-state index is -4.67. The molecular weight excluding hydrogens is 508 g/mol. The zero-order chi connectivity index (χ0) is 28.0. The molecule has 37 heavy (non-hydrogen) atoms. The van der Waals surface area contributed by atoms with Crippen LogP contribution in [0.2, 0.25) is 0 Å². The maximum atomic E-state index is 12.1. The Balaban J connectivity index is 0.00000124. The van der Waals surface area contributed by atoms with E-state index >= 15 is 0 Å². The van der Waals surface area contributed by atoms with Gasteiger partial charge in [0, 0.05) is 30.9 Å². The lowest BCUT2D eigenvalue weighted by molar-refractivity contribution is -0.147. The average Bonchev–Trinajstić information content (AvgIpc) is 2.86. The van der Waals surface area contributed by atoms with Gasteiger partial charge in [-0.05, 0) is 62.2 Å². The number of anilines is 2. The molecule has 0 atom stereocenters. The van der Waals surface area contributed by atoms with Crippen molar-refractivity contribution in [3.05, 3.63) is 42.0 Å². The molecule has 0 unspecified atom stereocenters. The Labute approximate surface area is 217 Å². The number of rotatable bonds is 12. The van der Waals surface area contributed by atoms with Gasteiger partial charge in [-0.3, -0.25) is 18.7 Å². The molecule has 12 nitrogen and oxygen atoms in total. The Hall–Kier alpha value is -3.55. The molecule has 3 N–H and O–H groups in total. The number of benzene rings is 2. The molecule has 0 aliphatic rings. The lowest BCUT2D eigenvalue weighted by atomic mass is 10.1. The monoisotopic (exact) mass is 542 g/mol. The highest BCUT2D eigenvalue weighted by atomic mass is 32.3. The van der Waals surface area contributed by atoms with E-state index < -0.39 is 16.4 Å². The molecule has 1 amide bonds. The van der Waals surface area contributed by atoms with E-state index in [-0.39, 0.29) is 18.9 Å². The molecule has 13 heteroatoms. The summed E-state index contributed by atoms with van der Waals surface area (Å²) < 4.78 is 52.6. The van der Waals surface area contributed by atoms with Crippen LogP contribution in [0.3, 0.4) is 0 Å². The first-order valence-electron chi connectivity index (χ1n) is 11.2. The molecule has 0 bridgehead atoms. The predicted molar refractivity (Wildman–Crippen MR) is 138 cm³/mol. The molecule has 0 saturated carbocycles. The molecule has 2 aromatic carbocycles.